The molecule has 0 fully saturated rings. The molecule has 0 aromatic carbocycles. The molecule has 0 aliphatic heterocycles. The van der Waals surface area contributed by atoms with Gasteiger partial charge in [-0.3, -0.25) is 0 Å². The first-order valence-electron chi connectivity index (χ1n) is 0.632. The fraction of sp³-hybridized carbons (Fsp3) is 0. The quantitative estimate of drug-likeness (QED) is 0.477. The first-order valence-corrected chi connectivity index (χ1v) is 0.632. The Morgan fingerprint density at radius 2 is 1.67 bits per heavy atom. The van der Waals surface area contributed by atoms with Gasteiger partial charge < -0.3 is 27.4 Å². The van der Waals surface area contributed by atoms with Crippen molar-refractivity contribution in [1.29, 1.82) is 0 Å². The summed E-state index contributed by atoms with van der Waals surface area (Å²) in [5.74, 6) is 0. The largest absolute Gasteiger partial charge is 2.00 e. The van der Waals surface area contributed by atoms with Gasteiger partial charge in [0.1, 0.15) is 0 Å². The van der Waals surface area contributed by atoms with Crippen LogP contribution in [0.4, 0.5) is 4.79 Å². The van der Waals surface area contributed by atoms with Gasteiger partial charge >= 0.3 is 39.9 Å². The smallest absolute Gasteiger partial charge is 1.00 e. The molecule has 6 heavy (non-hydrogen) atoms. The van der Waals surface area contributed by atoms with Crippen LogP contribution in [0.1, 0.15) is 0 Å². The number of carboxylic acid groups (broad SMARTS) is 2. The number of hydrogen-bond acceptors (Lipinski definition) is 2. The van der Waals surface area contributed by atoms with E-state index < -0.39 is 6.16 Å². The van der Waals surface area contributed by atoms with E-state index in [1.54, 1.807) is 0 Å². The Kier molecular flexibility index (Phi) is 24.5. The van der Waals surface area contributed by atoms with Crippen LogP contribution in [0.5, 0.6) is 0 Å². The molecule has 0 aliphatic rings. The maximum absolute atomic E-state index is 8.44. The first-order chi connectivity index (χ1) is 1.73. The molecule has 0 atom stereocenters. The third kappa shape index (κ3) is 94.2. The monoisotopic (exact) mass is 254 g/mol. The van der Waals surface area contributed by atoms with Gasteiger partial charge in [-0.15, -0.1) is 0 Å². The van der Waals surface area contributed by atoms with Crippen molar-refractivity contribution in [1.82, 2.24) is 0 Å². The zero-order valence-corrected chi connectivity index (χ0v) is 5.52. The summed E-state index contributed by atoms with van der Waals surface area (Å²) in [6.45, 7) is 0. The van der Waals surface area contributed by atoms with E-state index in [1.807, 2.05) is 0 Å². The van der Waals surface area contributed by atoms with Gasteiger partial charge in [0.25, 0.3) is 0 Å². The van der Waals surface area contributed by atoms with E-state index in [1.165, 1.54) is 0 Å². The maximum Gasteiger partial charge on any atom is 2.00 e. The second-order valence-corrected chi connectivity index (χ2v) is 0.266. The summed E-state index contributed by atoms with van der Waals surface area (Å²) in [6.07, 6.45) is -2.08. The summed E-state index contributed by atoms with van der Waals surface area (Å²) >= 11 is 0. The summed E-state index contributed by atoms with van der Waals surface area (Å²) in [7, 11) is 0. The van der Waals surface area contributed by atoms with Gasteiger partial charge in [-0.05, 0) is 0 Å². The number of rotatable bonds is 0. The number of hydrogen-bond donors (Lipinski definition) is 1. The summed E-state index contributed by atoms with van der Waals surface area (Å²) in [4.78, 5) is 8.44. The molecule has 0 amide bonds. The predicted octanol–water partition coefficient (Wildman–Crippen LogP) is -4.11. The molecule has 0 aromatic heterocycles. The average molecular weight is 254 g/mol. The Balaban J connectivity index is -0.0000000450. The van der Waals surface area contributed by atoms with E-state index in [0.29, 0.717) is 0 Å². The average Bonchev–Trinajstić information content (AvgIpc) is 0.811. The van der Waals surface area contributed by atoms with E-state index in [9.17, 15) is 0 Å². The maximum atomic E-state index is 8.44. The van der Waals surface area contributed by atoms with Crippen LogP contribution in [0, 0.1) is 39.9 Å². The molecule has 0 rings (SSSR count). The van der Waals surface area contributed by atoms with Crippen molar-refractivity contribution in [3.8, 4) is 0 Å². The van der Waals surface area contributed by atoms with Crippen molar-refractivity contribution in [2.24, 2.45) is 0 Å². The van der Waals surface area contributed by atoms with Gasteiger partial charge in [-0.1, -0.05) is 0 Å². The molecule has 1 N–H and O–H groups in total. The minimum atomic E-state index is -2.08. The van der Waals surface area contributed by atoms with Crippen LogP contribution in [0.3, 0.4) is 0 Å². The summed E-state index contributed by atoms with van der Waals surface area (Å²) in [5, 5.41) is 15.3. The second kappa shape index (κ2) is 9.30. The van der Waals surface area contributed by atoms with Crippen LogP contribution in [-0.4, -0.2) is 11.3 Å². The Labute approximate surface area is 72.8 Å². The molecule has 0 aliphatic carbocycles. The third-order valence-corrected chi connectivity index (χ3v) is 0. The van der Waals surface area contributed by atoms with Crippen LogP contribution >= 0.6 is 0 Å². The van der Waals surface area contributed by atoms with Gasteiger partial charge in [-0.2, -0.15) is 0 Å². The molecule has 3 nitrogen and oxygen atoms in total. The van der Waals surface area contributed by atoms with Crippen LogP contribution in [0.2, 0.25) is 0 Å². The van der Waals surface area contributed by atoms with Crippen LogP contribution < -0.4 is 17.5 Å². The number of halogens is 1. The van der Waals surface area contributed by atoms with Gasteiger partial charge in [0, 0.05) is 0 Å². The fourth-order valence-electron chi connectivity index (χ4n) is 0. The van der Waals surface area contributed by atoms with Crippen LogP contribution in [0.15, 0.2) is 0 Å². The fourth-order valence-corrected chi connectivity index (χ4v) is 0. The molecule has 0 bridgehead atoms. The molecule has 0 heterocycles. The molecule has 0 aromatic rings. The summed E-state index contributed by atoms with van der Waals surface area (Å²) in [6, 6.07) is 0. The van der Waals surface area contributed by atoms with Crippen molar-refractivity contribution in [3.63, 3.8) is 0 Å². The van der Waals surface area contributed by atoms with Crippen molar-refractivity contribution >= 4 is 6.16 Å². The number of carbonyl (C=O) groups is 1. The van der Waals surface area contributed by atoms with Crippen molar-refractivity contribution in [2.45, 2.75) is 0 Å². The SMILES string of the molecule is O=C([O-])O.[Cl-].[Gd+2]. The Hall–Kier alpha value is 0.885. The Morgan fingerprint density at radius 3 is 1.67 bits per heavy atom. The predicted molar refractivity (Wildman–Crippen MR) is 8.02 cm³/mol. The molecule has 0 radical (unpaired) electrons. The van der Waals surface area contributed by atoms with E-state index >= 15 is 0 Å². The van der Waals surface area contributed by atoms with E-state index in [-0.39, 0.29) is 52.3 Å². The molecular weight excluding hydrogens is 253 g/mol. The third-order valence-electron chi connectivity index (χ3n) is 0. The van der Waals surface area contributed by atoms with E-state index in [4.69, 9.17) is 15.0 Å². The minimum Gasteiger partial charge on any atom is -1.00 e. The zero-order chi connectivity index (χ0) is 3.58. The molecule has 38 valence electrons. The topological polar surface area (TPSA) is 60.4 Å². The Bertz CT molecular complexity index is 33.8. The minimum absolute atomic E-state index is 0. The van der Waals surface area contributed by atoms with E-state index in [0.717, 1.165) is 0 Å². The molecular formula is CHClGdO3. The van der Waals surface area contributed by atoms with Gasteiger partial charge in [0.05, 0.1) is 0 Å². The summed E-state index contributed by atoms with van der Waals surface area (Å²) < 4.78 is 0. The molecule has 5 heteroatoms. The van der Waals surface area contributed by atoms with Crippen LogP contribution in [0.25, 0.3) is 0 Å². The van der Waals surface area contributed by atoms with Gasteiger partial charge in [-0.25, -0.2) is 0 Å². The standard InChI is InChI=1S/CH2O3.ClH.Gd/c2-1(3)4;;/h(H2,2,3,4);1H;/q;;+2/p-2. The molecule has 0 unspecified atom stereocenters. The second-order valence-electron chi connectivity index (χ2n) is 0.266. The molecule has 0 saturated heterocycles. The molecule has 0 saturated carbocycles. The van der Waals surface area contributed by atoms with Crippen LogP contribution in [-0.2, 0) is 0 Å². The zero-order valence-electron chi connectivity index (χ0n) is 2.50. The van der Waals surface area contributed by atoms with Crippen molar-refractivity contribution in [2.75, 3.05) is 0 Å². The normalized spacial score (nSPS) is 4.00. The van der Waals surface area contributed by atoms with Gasteiger partial charge in [0.15, 0.2) is 0 Å². The first kappa shape index (κ1) is 15.8. The van der Waals surface area contributed by atoms with E-state index in [2.05, 4.69) is 0 Å². The summed E-state index contributed by atoms with van der Waals surface area (Å²) in [5.41, 5.74) is 0. The van der Waals surface area contributed by atoms with Crippen molar-refractivity contribution < 1.29 is 67.4 Å². The molecule has 0 spiro atoms. The van der Waals surface area contributed by atoms with Gasteiger partial charge in [0.2, 0.25) is 6.16 Å². The Morgan fingerprint density at radius 1 is 1.67 bits per heavy atom. The van der Waals surface area contributed by atoms with Crippen molar-refractivity contribution in [3.05, 3.63) is 0 Å².